The number of benzene rings is 1. The van der Waals surface area contributed by atoms with Gasteiger partial charge in [0.05, 0.1) is 11.4 Å². The second-order valence-corrected chi connectivity index (χ2v) is 4.96. The summed E-state index contributed by atoms with van der Waals surface area (Å²) in [6.07, 6.45) is -3.16. The highest BCUT2D eigenvalue weighted by atomic mass is 19.4. The minimum atomic E-state index is -4.37. The maximum Gasteiger partial charge on any atom is 0.408 e. The Hall–Kier alpha value is -2.58. The first kappa shape index (κ1) is 16.8. The van der Waals surface area contributed by atoms with E-state index in [4.69, 9.17) is 5.73 Å². The Morgan fingerprint density at radius 1 is 1.39 bits per heavy atom. The van der Waals surface area contributed by atoms with Gasteiger partial charge in [-0.3, -0.25) is 9.48 Å². The summed E-state index contributed by atoms with van der Waals surface area (Å²) < 4.78 is 51.6. The minimum Gasteiger partial charge on any atom is -0.378 e. The number of primary amides is 1. The zero-order chi connectivity index (χ0) is 17.2. The molecule has 5 nitrogen and oxygen atoms in total. The number of nitrogens with zero attached hydrogens (tertiary/aromatic N) is 2. The fraction of sp³-hybridized carbons (Fsp3) is 0.286. The molecule has 0 saturated heterocycles. The fourth-order valence-electron chi connectivity index (χ4n) is 1.99. The molecule has 0 aliphatic carbocycles. The number of carbonyl (C=O) groups is 1. The molecule has 0 radical (unpaired) electrons. The second-order valence-electron chi connectivity index (χ2n) is 4.96. The standard InChI is InChI=1S/C14H14F4N4O/c1-8-12(6-22(21-8)7-14(16,17)18)20-5-10-3-2-9(13(19)23)4-11(10)15/h2-4,6,20H,5,7H2,1H3,(H2,19,23). The van der Waals surface area contributed by atoms with E-state index in [0.29, 0.717) is 11.4 Å². The molecule has 124 valence electrons. The van der Waals surface area contributed by atoms with Gasteiger partial charge in [0, 0.05) is 23.9 Å². The normalized spacial score (nSPS) is 11.5. The van der Waals surface area contributed by atoms with E-state index in [0.717, 1.165) is 10.7 Å². The summed E-state index contributed by atoms with van der Waals surface area (Å²) in [7, 11) is 0. The number of amides is 1. The van der Waals surface area contributed by atoms with E-state index in [2.05, 4.69) is 10.4 Å². The summed E-state index contributed by atoms with van der Waals surface area (Å²) in [5.74, 6) is -1.37. The van der Waals surface area contributed by atoms with E-state index in [-0.39, 0.29) is 17.7 Å². The summed E-state index contributed by atoms with van der Waals surface area (Å²) >= 11 is 0. The van der Waals surface area contributed by atoms with Crippen LogP contribution in [0.5, 0.6) is 0 Å². The molecular formula is C14H14F4N4O. The first-order valence-corrected chi connectivity index (χ1v) is 6.58. The number of nitrogens with one attached hydrogen (secondary N) is 1. The molecule has 0 spiro atoms. The Balaban J connectivity index is 2.08. The van der Waals surface area contributed by atoms with Crippen LogP contribution >= 0.6 is 0 Å². The van der Waals surface area contributed by atoms with Crippen molar-refractivity contribution < 1.29 is 22.4 Å². The summed E-state index contributed by atoms with van der Waals surface area (Å²) in [6.45, 7) is 0.377. The van der Waals surface area contributed by atoms with E-state index in [9.17, 15) is 22.4 Å². The van der Waals surface area contributed by atoms with Crippen molar-refractivity contribution in [2.45, 2.75) is 26.2 Å². The molecule has 0 bridgehead atoms. The Kier molecular flexibility index (Phi) is 4.57. The molecule has 1 aromatic carbocycles. The molecule has 0 atom stereocenters. The lowest BCUT2D eigenvalue weighted by Gasteiger charge is -2.07. The molecule has 0 unspecified atom stereocenters. The van der Waals surface area contributed by atoms with Crippen LogP contribution in [0.3, 0.4) is 0 Å². The number of nitrogens with two attached hydrogens (primary N) is 1. The van der Waals surface area contributed by atoms with Crippen molar-refractivity contribution in [2.24, 2.45) is 5.73 Å². The molecule has 1 aromatic heterocycles. The van der Waals surface area contributed by atoms with Gasteiger partial charge in [-0.25, -0.2) is 4.39 Å². The van der Waals surface area contributed by atoms with Gasteiger partial charge in [0.2, 0.25) is 5.91 Å². The Morgan fingerprint density at radius 3 is 2.65 bits per heavy atom. The zero-order valence-corrected chi connectivity index (χ0v) is 12.1. The molecule has 23 heavy (non-hydrogen) atoms. The van der Waals surface area contributed by atoms with Crippen LogP contribution in [0, 0.1) is 12.7 Å². The fourth-order valence-corrected chi connectivity index (χ4v) is 1.99. The molecule has 2 rings (SSSR count). The van der Waals surface area contributed by atoms with Crippen LogP contribution in [-0.4, -0.2) is 21.9 Å². The molecule has 9 heteroatoms. The lowest BCUT2D eigenvalue weighted by molar-refractivity contribution is -0.142. The number of rotatable bonds is 5. The summed E-state index contributed by atoms with van der Waals surface area (Å²) in [5, 5.41) is 6.57. The maximum absolute atomic E-state index is 13.8. The van der Waals surface area contributed by atoms with Crippen LogP contribution in [0.15, 0.2) is 24.4 Å². The van der Waals surface area contributed by atoms with Gasteiger partial charge >= 0.3 is 6.18 Å². The number of hydrogen-bond donors (Lipinski definition) is 2. The number of hydrogen-bond acceptors (Lipinski definition) is 3. The van der Waals surface area contributed by atoms with Crippen molar-refractivity contribution in [3.05, 3.63) is 47.0 Å². The highest BCUT2D eigenvalue weighted by molar-refractivity contribution is 5.92. The van der Waals surface area contributed by atoms with Crippen LogP contribution in [0.25, 0.3) is 0 Å². The van der Waals surface area contributed by atoms with Crippen molar-refractivity contribution in [2.75, 3.05) is 5.32 Å². The smallest absolute Gasteiger partial charge is 0.378 e. The third kappa shape index (κ3) is 4.44. The molecule has 0 aliphatic heterocycles. The van der Waals surface area contributed by atoms with Crippen LogP contribution in [-0.2, 0) is 13.1 Å². The van der Waals surface area contributed by atoms with Gasteiger partial charge in [-0.2, -0.15) is 18.3 Å². The van der Waals surface area contributed by atoms with E-state index >= 15 is 0 Å². The van der Waals surface area contributed by atoms with Crippen LogP contribution in [0.4, 0.5) is 23.2 Å². The largest absolute Gasteiger partial charge is 0.408 e. The van der Waals surface area contributed by atoms with E-state index < -0.39 is 24.4 Å². The Morgan fingerprint density at radius 2 is 2.09 bits per heavy atom. The predicted octanol–water partition coefficient (Wildman–Crippen LogP) is 2.60. The SMILES string of the molecule is Cc1nn(CC(F)(F)F)cc1NCc1ccc(C(N)=O)cc1F. The maximum atomic E-state index is 13.8. The topological polar surface area (TPSA) is 72.9 Å². The van der Waals surface area contributed by atoms with Crippen molar-refractivity contribution in [3.63, 3.8) is 0 Å². The van der Waals surface area contributed by atoms with Gasteiger partial charge in [0.1, 0.15) is 12.4 Å². The van der Waals surface area contributed by atoms with Gasteiger partial charge in [-0.05, 0) is 19.1 Å². The van der Waals surface area contributed by atoms with Crippen molar-refractivity contribution in [1.29, 1.82) is 0 Å². The third-order valence-corrected chi connectivity index (χ3v) is 3.09. The summed E-state index contributed by atoms with van der Waals surface area (Å²) in [4.78, 5) is 10.9. The number of aromatic nitrogens is 2. The quantitative estimate of drug-likeness (QED) is 0.828. The van der Waals surface area contributed by atoms with Crippen molar-refractivity contribution in [1.82, 2.24) is 9.78 Å². The number of alkyl halides is 3. The number of carbonyl (C=O) groups excluding carboxylic acids is 1. The first-order valence-electron chi connectivity index (χ1n) is 6.58. The third-order valence-electron chi connectivity index (χ3n) is 3.09. The molecule has 3 N–H and O–H groups in total. The lowest BCUT2D eigenvalue weighted by Crippen LogP contribution is -2.18. The average Bonchev–Trinajstić information content (AvgIpc) is 2.74. The zero-order valence-electron chi connectivity index (χ0n) is 12.1. The average molecular weight is 330 g/mol. The molecular weight excluding hydrogens is 316 g/mol. The molecule has 0 saturated carbocycles. The first-order chi connectivity index (χ1) is 10.7. The predicted molar refractivity (Wildman–Crippen MR) is 75.3 cm³/mol. The summed E-state index contributed by atoms with van der Waals surface area (Å²) in [5.41, 5.74) is 6.07. The van der Waals surface area contributed by atoms with Crippen molar-refractivity contribution >= 4 is 11.6 Å². The molecule has 0 aliphatic rings. The van der Waals surface area contributed by atoms with Crippen LogP contribution in [0.1, 0.15) is 21.6 Å². The molecule has 2 aromatic rings. The second kappa shape index (κ2) is 6.27. The van der Waals surface area contributed by atoms with Gasteiger partial charge in [-0.1, -0.05) is 6.07 Å². The van der Waals surface area contributed by atoms with E-state index in [1.165, 1.54) is 18.3 Å². The van der Waals surface area contributed by atoms with Crippen molar-refractivity contribution in [3.8, 4) is 0 Å². The van der Waals surface area contributed by atoms with E-state index in [1.54, 1.807) is 6.92 Å². The molecule has 1 amide bonds. The monoisotopic (exact) mass is 330 g/mol. The number of aryl methyl sites for hydroxylation is 1. The van der Waals surface area contributed by atoms with Gasteiger partial charge < -0.3 is 11.1 Å². The molecule has 0 fully saturated rings. The van der Waals surface area contributed by atoms with Gasteiger partial charge in [-0.15, -0.1) is 0 Å². The minimum absolute atomic E-state index is 0.0312. The van der Waals surface area contributed by atoms with Gasteiger partial charge in [0.15, 0.2) is 0 Å². The van der Waals surface area contributed by atoms with Crippen LogP contribution in [0.2, 0.25) is 0 Å². The van der Waals surface area contributed by atoms with E-state index in [1.807, 2.05) is 0 Å². The number of anilines is 1. The Labute approximate surface area is 129 Å². The summed E-state index contributed by atoms with van der Waals surface area (Å²) in [6, 6.07) is 3.78. The van der Waals surface area contributed by atoms with Gasteiger partial charge in [0.25, 0.3) is 0 Å². The lowest BCUT2D eigenvalue weighted by atomic mass is 10.1. The van der Waals surface area contributed by atoms with Crippen LogP contribution < -0.4 is 11.1 Å². The highest BCUT2D eigenvalue weighted by Gasteiger charge is 2.28. The Bertz CT molecular complexity index is 724. The highest BCUT2D eigenvalue weighted by Crippen LogP contribution is 2.21. The molecule has 1 heterocycles. The number of halogens is 4.